The molecule has 3 atom stereocenters. The number of amides is 1. The van der Waals surface area contributed by atoms with E-state index in [-0.39, 0.29) is 30.7 Å². The molecule has 2 heterocycles. The zero-order chi connectivity index (χ0) is 23.4. The smallest absolute Gasteiger partial charge is 0.222 e. The standard InChI is InChI=1S/C24H31ClN6O2/c1-3-27-22(32)14-20-24-30-29-15(2)31(24)21-10-9-18(33-12-4-11-26)13-19(21)23(28-20)16-5-7-17(25)8-6-16/h5-10,13,15,20,24,29-30H,3-4,11-12,14,26H2,1-2H3,(H,27,32). The number of carbonyl (C=O) groups is 1. The van der Waals surface area contributed by atoms with Gasteiger partial charge in [0.15, 0.2) is 0 Å². The summed E-state index contributed by atoms with van der Waals surface area (Å²) in [6.45, 7) is 5.71. The fraction of sp³-hybridized carbons (Fsp3) is 0.417. The molecule has 2 aromatic rings. The summed E-state index contributed by atoms with van der Waals surface area (Å²) in [5.74, 6) is 0.732. The number of hydrazine groups is 1. The van der Waals surface area contributed by atoms with Crippen molar-refractivity contribution >= 4 is 28.9 Å². The molecule has 0 spiro atoms. The number of halogens is 1. The van der Waals surface area contributed by atoms with Gasteiger partial charge in [0, 0.05) is 28.4 Å². The molecule has 1 saturated heterocycles. The predicted molar refractivity (Wildman–Crippen MR) is 132 cm³/mol. The van der Waals surface area contributed by atoms with Crippen LogP contribution in [0.1, 0.15) is 37.8 Å². The van der Waals surface area contributed by atoms with Crippen molar-refractivity contribution in [3.05, 3.63) is 58.6 Å². The topological polar surface area (TPSA) is 104 Å². The Morgan fingerprint density at radius 1 is 1.24 bits per heavy atom. The third-order valence-corrected chi connectivity index (χ3v) is 6.07. The van der Waals surface area contributed by atoms with Gasteiger partial charge in [-0.3, -0.25) is 9.79 Å². The minimum atomic E-state index is -0.311. The van der Waals surface area contributed by atoms with Gasteiger partial charge in [-0.2, -0.15) is 0 Å². The molecule has 1 amide bonds. The second-order valence-corrected chi connectivity index (χ2v) is 8.63. The number of ether oxygens (including phenoxy) is 1. The van der Waals surface area contributed by atoms with Gasteiger partial charge in [0.05, 0.1) is 30.9 Å². The Kier molecular flexibility index (Phi) is 7.49. The Bertz CT molecular complexity index is 1010. The molecule has 2 aliphatic rings. The van der Waals surface area contributed by atoms with Gasteiger partial charge < -0.3 is 20.7 Å². The molecule has 3 unspecified atom stereocenters. The number of nitrogens with one attached hydrogen (secondary N) is 3. The quantitative estimate of drug-likeness (QED) is 0.442. The van der Waals surface area contributed by atoms with Gasteiger partial charge in [0.25, 0.3) is 0 Å². The van der Waals surface area contributed by atoms with Crippen molar-refractivity contribution in [2.75, 3.05) is 24.6 Å². The van der Waals surface area contributed by atoms with E-state index in [1.54, 1.807) is 0 Å². The summed E-state index contributed by atoms with van der Waals surface area (Å²) in [5.41, 5.74) is 16.0. The molecule has 0 bridgehead atoms. The monoisotopic (exact) mass is 470 g/mol. The van der Waals surface area contributed by atoms with E-state index in [0.29, 0.717) is 24.7 Å². The zero-order valence-electron chi connectivity index (χ0n) is 19.0. The van der Waals surface area contributed by atoms with E-state index in [1.807, 2.05) is 43.3 Å². The maximum atomic E-state index is 12.6. The number of benzene rings is 2. The number of nitrogens with zero attached hydrogens (tertiary/aromatic N) is 2. The molecular weight excluding hydrogens is 440 g/mol. The van der Waals surface area contributed by atoms with E-state index < -0.39 is 0 Å². The van der Waals surface area contributed by atoms with Crippen molar-refractivity contribution < 1.29 is 9.53 Å². The summed E-state index contributed by atoms with van der Waals surface area (Å²) in [7, 11) is 0. The third kappa shape index (κ3) is 5.14. The Morgan fingerprint density at radius 3 is 2.76 bits per heavy atom. The minimum Gasteiger partial charge on any atom is -0.494 e. The Labute approximate surface area is 199 Å². The van der Waals surface area contributed by atoms with Crippen molar-refractivity contribution in [1.82, 2.24) is 16.2 Å². The van der Waals surface area contributed by atoms with Crippen molar-refractivity contribution in [1.29, 1.82) is 0 Å². The fourth-order valence-electron chi connectivity index (χ4n) is 4.28. The second kappa shape index (κ2) is 10.5. The molecule has 9 heteroatoms. The SMILES string of the molecule is CCNC(=O)CC1N=C(c2ccc(Cl)cc2)c2cc(OCCCN)ccc2N2C(C)NNC12. The zero-order valence-corrected chi connectivity index (χ0v) is 19.7. The lowest BCUT2D eigenvalue weighted by molar-refractivity contribution is -0.121. The molecule has 0 radical (unpaired) electrons. The maximum absolute atomic E-state index is 12.6. The lowest BCUT2D eigenvalue weighted by Gasteiger charge is -2.31. The molecule has 176 valence electrons. The highest BCUT2D eigenvalue weighted by molar-refractivity contribution is 6.30. The second-order valence-electron chi connectivity index (χ2n) is 8.20. The van der Waals surface area contributed by atoms with Crippen LogP contribution in [0.4, 0.5) is 5.69 Å². The summed E-state index contributed by atoms with van der Waals surface area (Å²) in [5, 5.41) is 3.56. The van der Waals surface area contributed by atoms with Crippen LogP contribution in [0.3, 0.4) is 0 Å². The molecule has 4 rings (SSSR count). The molecule has 0 aromatic heterocycles. The van der Waals surface area contributed by atoms with E-state index in [0.717, 1.165) is 34.7 Å². The fourth-order valence-corrected chi connectivity index (χ4v) is 4.41. The number of fused-ring (bicyclic) bond motifs is 3. The van der Waals surface area contributed by atoms with E-state index in [2.05, 4.69) is 34.1 Å². The average Bonchev–Trinajstić information content (AvgIpc) is 3.12. The van der Waals surface area contributed by atoms with Crippen LogP contribution in [0.5, 0.6) is 5.75 Å². The summed E-state index contributed by atoms with van der Waals surface area (Å²) in [6, 6.07) is 13.4. The third-order valence-electron chi connectivity index (χ3n) is 5.82. The highest BCUT2D eigenvalue weighted by Crippen LogP contribution is 2.36. The van der Waals surface area contributed by atoms with E-state index >= 15 is 0 Å². The van der Waals surface area contributed by atoms with Gasteiger partial charge in [-0.1, -0.05) is 23.7 Å². The van der Waals surface area contributed by atoms with Gasteiger partial charge >= 0.3 is 0 Å². The van der Waals surface area contributed by atoms with Crippen LogP contribution in [-0.2, 0) is 4.79 Å². The molecule has 2 aliphatic heterocycles. The molecule has 0 saturated carbocycles. The Hall–Kier alpha value is -2.65. The summed E-state index contributed by atoms with van der Waals surface area (Å²) in [6.07, 6.45) is 0.869. The van der Waals surface area contributed by atoms with Crippen LogP contribution in [0.15, 0.2) is 47.5 Å². The Morgan fingerprint density at radius 2 is 2.03 bits per heavy atom. The van der Waals surface area contributed by atoms with Crippen molar-refractivity contribution in [2.45, 2.75) is 45.1 Å². The molecule has 1 fully saturated rings. The number of hydrogen-bond donors (Lipinski definition) is 4. The van der Waals surface area contributed by atoms with E-state index in [4.69, 9.17) is 27.1 Å². The predicted octanol–water partition coefficient (Wildman–Crippen LogP) is 2.40. The van der Waals surface area contributed by atoms with E-state index in [9.17, 15) is 4.79 Å². The lowest BCUT2D eigenvalue weighted by atomic mass is 9.99. The van der Waals surface area contributed by atoms with Crippen LogP contribution in [0.25, 0.3) is 0 Å². The van der Waals surface area contributed by atoms with Crippen LogP contribution < -0.4 is 31.5 Å². The van der Waals surface area contributed by atoms with Gasteiger partial charge in [-0.05, 0) is 57.1 Å². The highest BCUT2D eigenvalue weighted by atomic mass is 35.5. The minimum absolute atomic E-state index is 0.00858. The Balaban J connectivity index is 1.82. The number of carbonyl (C=O) groups excluding carboxylic acids is 1. The van der Waals surface area contributed by atoms with Crippen LogP contribution in [-0.4, -0.2) is 49.7 Å². The van der Waals surface area contributed by atoms with Crippen LogP contribution in [0.2, 0.25) is 5.02 Å². The molecule has 8 nitrogen and oxygen atoms in total. The molecular formula is C24H31ClN6O2. The van der Waals surface area contributed by atoms with E-state index in [1.165, 1.54) is 0 Å². The summed E-state index contributed by atoms with van der Waals surface area (Å²) in [4.78, 5) is 20.0. The first-order valence-corrected chi connectivity index (χ1v) is 11.8. The maximum Gasteiger partial charge on any atom is 0.222 e. The average molecular weight is 471 g/mol. The lowest BCUT2D eigenvalue weighted by Crippen LogP contribution is -2.47. The van der Waals surface area contributed by atoms with Gasteiger partial charge in [0.1, 0.15) is 11.9 Å². The largest absolute Gasteiger partial charge is 0.494 e. The summed E-state index contributed by atoms with van der Waals surface area (Å²) < 4.78 is 5.95. The number of aliphatic imine (C=N–C) groups is 1. The first kappa shape index (κ1) is 23.5. The molecule has 33 heavy (non-hydrogen) atoms. The van der Waals surface area contributed by atoms with Crippen LogP contribution in [0, 0.1) is 0 Å². The number of hydrogen-bond acceptors (Lipinski definition) is 7. The normalized spacial score (nSPS) is 21.6. The van der Waals surface area contributed by atoms with Crippen molar-refractivity contribution in [3.8, 4) is 5.75 Å². The number of nitrogens with two attached hydrogens (primary N) is 1. The first-order chi connectivity index (χ1) is 16.0. The van der Waals surface area contributed by atoms with Crippen molar-refractivity contribution in [2.24, 2.45) is 10.7 Å². The number of anilines is 1. The number of rotatable bonds is 8. The molecule has 5 N–H and O–H groups in total. The van der Waals surface area contributed by atoms with Crippen LogP contribution >= 0.6 is 11.6 Å². The highest BCUT2D eigenvalue weighted by Gasteiger charge is 2.40. The van der Waals surface area contributed by atoms with Crippen molar-refractivity contribution in [3.63, 3.8) is 0 Å². The van der Waals surface area contributed by atoms with Gasteiger partial charge in [-0.15, -0.1) is 0 Å². The van der Waals surface area contributed by atoms with Gasteiger partial charge in [-0.25, -0.2) is 10.9 Å². The molecule has 0 aliphatic carbocycles. The molecule has 2 aromatic carbocycles. The van der Waals surface area contributed by atoms with Gasteiger partial charge in [0.2, 0.25) is 5.91 Å². The summed E-state index contributed by atoms with van der Waals surface area (Å²) >= 11 is 6.16. The first-order valence-electron chi connectivity index (χ1n) is 11.4.